The van der Waals surface area contributed by atoms with Crippen molar-refractivity contribution in [3.8, 4) is 0 Å². The molecule has 0 aromatic carbocycles. The van der Waals surface area contributed by atoms with Crippen LogP contribution < -0.4 is 0 Å². The Hall–Kier alpha value is -0.590. The molecule has 0 aromatic rings. The van der Waals surface area contributed by atoms with Gasteiger partial charge < -0.3 is 0 Å². The molecule has 1 aliphatic carbocycles. The van der Waals surface area contributed by atoms with Crippen LogP contribution in [0.2, 0.25) is 0 Å². The highest BCUT2D eigenvalue weighted by molar-refractivity contribution is 5.86. The van der Waals surface area contributed by atoms with Gasteiger partial charge in [-0.15, -0.1) is 0 Å². The number of hydrogen-bond donors (Lipinski definition) is 0. The van der Waals surface area contributed by atoms with E-state index in [0.29, 0.717) is 12.2 Å². The van der Waals surface area contributed by atoms with Crippen molar-refractivity contribution in [2.75, 3.05) is 0 Å². The molecule has 62 valence electrons. The summed E-state index contributed by atoms with van der Waals surface area (Å²) < 4.78 is 0. The Morgan fingerprint density at radius 1 is 1.45 bits per heavy atom. The van der Waals surface area contributed by atoms with Gasteiger partial charge in [-0.05, 0) is 19.3 Å². The van der Waals surface area contributed by atoms with Gasteiger partial charge >= 0.3 is 0 Å². The zero-order chi connectivity index (χ0) is 8.48. The molecule has 0 atom stereocenters. The molecule has 1 fully saturated rings. The lowest BCUT2D eigenvalue weighted by Crippen LogP contribution is -2.22. The third-order valence-electron chi connectivity index (χ3n) is 2.50. The summed E-state index contributed by atoms with van der Waals surface area (Å²) >= 11 is 0. The molecule has 1 rings (SSSR count). The normalized spacial score (nSPS) is 24.9. The fourth-order valence-corrected chi connectivity index (χ4v) is 1.47. The average molecular weight is 152 g/mol. The van der Waals surface area contributed by atoms with Crippen molar-refractivity contribution < 1.29 is 4.79 Å². The van der Waals surface area contributed by atoms with Crippen molar-refractivity contribution in [2.45, 2.75) is 39.5 Å². The van der Waals surface area contributed by atoms with Gasteiger partial charge in [-0.2, -0.15) is 0 Å². The van der Waals surface area contributed by atoms with Gasteiger partial charge in [0.1, 0.15) is 5.78 Å². The third-order valence-corrected chi connectivity index (χ3v) is 2.50. The van der Waals surface area contributed by atoms with Gasteiger partial charge in [-0.25, -0.2) is 0 Å². The first-order chi connectivity index (χ1) is 5.02. The minimum atomic E-state index is -0.0978. The molecular weight excluding hydrogens is 136 g/mol. The zero-order valence-corrected chi connectivity index (χ0v) is 7.44. The quantitative estimate of drug-likeness (QED) is 0.385. The van der Waals surface area contributed by atoms with E-state index in [-0.39, 0.29) is 5.41 Å². The molecule has 0 aromatic heterocycles. The van der Waals surface area contributed by atoms with Crippen LogP contribution in [0, 0.1) is 5.41 Å². The van der Waals surface area contributed by atoms with Crippen molar-refractivity contribution in [1.82, 2.24) is 0 Å². The van der Waals surface area contributed by atoms with Crippen LogP contribution in [0.4, 0.5) is 0 Å². The Labute approximate surface area is 68.5 Å². The Morgan fingerprint density at radius 3 is 2.73 bits per heavy atom. The molecule has 11 heavy (non-hydrogen) atoms. The molecule has 0 unspecified atom stereocenters. The second-order valence-electron chi connectivity index (χ2n) is 4.09. The van der Waals surface area contributed by atoms with Crippen molar-refractivity contribution in [1.29, 1.82) is 0 Å². The Kier molecular flexibility index (Phi) is 2.17. The van der Waals surface area contributed by atoms with E-state index in [4.69, 9.17) is 0 Å². The van der Waals surface area contributed by atoms with E-state index in [1.54, 1.807) is 0 Å². The monoisotopic (exact) mass is 152 g/mol. The maximum atomic E-state index is 11.5. The summed E-state index contributed by atoms with van der Waals surface area (Å²) in [5.74, 6) is 0.361. The molecule has 0 spiro atoms. The van der Waals surface area contributed by atoms with Gasteiger partial charge in [0.15, 0.2) is 0 Å². The van der Waals surface area contributed by atoms with E-state index in [2.05, 4.69) is 6.58 Å². The molecule has 0 bridgehead atoms. The van der Waals surface area contributed by atoms with E-state index in [9.17, 15) is 4.79 Å². The van der Waals surface area contributed by atoms with E-state index in [0.717, 1.165) is 24.8 Å². The standard InChI is InChI=1S/C10H16O/c1-8-5-4-6-10(2,3)9(11)7-8/h1,4-7H2,2-3H3. The van der Waals surface area contributed by atoms with Crippen LogP contribution in [0.25, 0.3) is 0 Å². The van der Waals surface area contributed by atoms with Gasteiger partial charge in [0.05, 0.1) is 0 Å². The number of carbonyl (C=O) groups is 1. The van der Waals surface area contributed by atoms with E-state index >= 15 is 0 Å². The maximum absolute atomic E-state index is 11.5. The summed E-state index contributed by atoms with van der Waals surface area (Å²) in [5.41, 5.74) is 1.01. The number of ketones is 1. The van der Waals surface area contributed by atoms with Gasteiger partial charge in [-0.1, -0.05) is 26.0 Å². The first-order valence-corrected chi connectivity index (χ1v) is 4.22. The largest absolute Gasteiger partial charge is 0.299 e. The van der Waals surface area contributed by atoms with Crippen LogP contribution >= 0.6 is 0 Å². The first kappa shape index (κ1) is 8.51. The van der Waals surface area contributed by atoms with Crippen molar-refractivity contribution in [3.05, 3.63) is 12.2 Å². The van der Waals surface area contributed by atoms with E-state index in [1.807, 2.05) is 13.8 Å². The topological polar surface area (TPSA) is 17.1 Å². The van der Waals surface area contributed by atoms with Gasteiger partial charge in [0, 0.05) is 11.8 Å². The van der Waals surface area contributed by atoms with Crippen molar-refractivity contribution in [3.63, 3.8) is 0 Å². The summed E-state index contributed by atoms with van der Waals surface area (Å²) in [7, 11) is 0. The minimum absolute atomic E-state index is 0.0978. The fourth-order valence-electron chi connectivity index (χ4n) is 1.47. The Bertz CT molecular complexity index is 189. The lowest BCUT2D eigenvalue weighted by molar-refractivity contribution is -0.126. The molecule has 1 nitrogen and oxygen atoms in total. The van der Waals surface area contributed by atoms with Crippen LogP contribution in [-0.2, 0) is 4.79 Å². The predicted octanol–water partition coefficient (Wildman–Crippen LogP) is 2.71. The fraction of sp³-hybridized carbons (Fsp3) is 0.700. The molecule has 1 saturated carbocycles. The molecule has 0 saturated heterocycles. The second-order valence-corrected chi connectivity index (χ2v) is 4.09. The summed E-state index contributed by atoms with van der Waals surface area (Å²) in [4.78, 5) is 11.5. The molecule has 0 radical (unpaired) electrons. The first-order valence-electron chi connectivity index (χ1n) is 4.22. The SMILES string of the molecule is C=C1CCCC(C)(C)C(=O)C1. The van der Waals surface area contributed by atoms with E-state index < -0.39 is 0 Å². The van der Waals surface area contributed by atoms with Crippen LogP contribution in [0.3, 0.4) is 0 Å². The summed E-state index contributed by atoms with van der Waals surface area (Å²) in [5, 5.41) is 0. The molecule has 0 N–H and O–H groups in total. The molecule has 0 heterocycles. The van der Waals surface area contributed by atoms with Crippen LogP contribution in [0.1, 0.15) is 39.5 Å². The smallest absolute Gasteiger partial charge is 0.142 e. The number of carbonyl (C=O) groups excluding carboxylic acids is 1. The lowest BCUT2D eigenvalue weighted by atomic mass is 9.84. The minimum Gasteiger partial charge on any atom is -0.299 e. The second kappa shape index (κ2) is 2.80. The van der Waals surface area contributed by atoms with Crippen LogP contribution in [0.15, 0.2) is 12.2 Å². The average Bonchev–Trinajstić information content (AvgIpc) is 1.94. The lowest BCUT2D eigenvalue weighted by Gasteiger charge is -2.19. The highest BCUT2D eigenvalue weighted by Crippen LogP contribution is 2.32. The van der Waals surface area contributed by atoms with Crippen molar-refractivity contribution >= 4 is 5.78 Å². The van der Waals surface area contributed by atoms with Gasteiger partial charge in [0.25, 0.3) is 0 Å². The van der Waals surface area contributed by atoms with Gasteiger partial charge in [0.2, 0.25) is 0 Å². The van der Waals surface area contributed by atoms with Crippen LogP contribution in [-0.4, -0.2) is 5.78 Å². The molecule has 0 aliphatic heterocycles. The highest BCUT2D eigenvalue weighted by Gasteiger charge is 2.29. The number of hydrogen-bond acceptors (Lipinski definition) is 1. The Balaban J connectivity index is 2.73. The number of allylic oxidation sites excluding steroid dienone is 1. The molecule has 1 aliphatic rings. The molecular formula is C10H16O. The molecule has 1 heteroatoms. The number of Topliss-reactive ketones (excluding diaryl/α,β-unsaturated/α-hetero) is 1. The zero-order valence-electron chi connectivity index (χ0n) is 7.44. The maximum Gasteiger partial charge on any atom is 0.142 e. The Morgan fingerprint density at radius 2 is 2.09 bits per heavy atom. The molecule has 0 amide bonds. The van der Waals surface area contributed by atoms with Gasteiger partial charge in [-0.3, -0.25) is 4.79 Å². The third kappa shape index (κ3) is 1.92. The highest BCUT2D eigenvalue weighted by atomic mass is 16.1. The number of rotatable bonds is 0. The summed E-state index contributed by atoms with van der Waals surface area (Å²) in [6.07, 6.45) is 3.78. The van der Waals surface area contributed by atoms with Crippen molar-refractivity contribution in [2.24, 2.45) is 5.41 Å². The summed E-state index contributed by atoms with van der Waals surface area (Å²) in [6.45, 7) is 7.94. The van der Waals surface area contributed by atoms with E-state index in [1.165, 1.54) is 0 Å². The predicted molar refractivity (Wildman–Crippen MR) is 46.4 cm³/mol. The summed E-state index contributed by atoms with van der Waals surface area (Å²) in [6, 6.07) is 0. The van der Waals surface area contributed by atoms with Crippen LogP contribution in [0.5, 0.6) is 0 Å².